The summed E-state index contributed by atoms with van der Waals surface area (Å²) in [6, 6.07) is 1.99. The molecular formula is C11H15BrN4O3S2. The van der Waals surface area contributed by atoms with Crippen LogP contribution >= 0.6 is 27.3 Å². The molecular weight excluding hydrogens is 380 g/mol. The number of rotatable bonds is 7. The zero-order valence-electron chi connectivity index (χ0n) is 11.5. The van der Waals surface area contributed by atoms with Gasteiger partial charge in [-0.05, 0) is 22.0 Å². The van der Waals surface area contributed by atoms with Crippen LogP contribution in [0.2, 0.25) is 0 Å². The Bertz CT molecular complexity index is 682. The Labute approximate surface area is 135 Å². The van der Waals surface area contributed by atoms with Crippen molar-refractivity contribution in [3.8, 4) is 0 Å². The molecule has 2 rings (SSSR count). The van der Waals surface area contributed by atoms with E-state index in [2.05, 4.69) is 40.6 Å². The molecule has 0 saturated carbocycles. The highest BCUT2D eigenvalue weighted by atomic mass is 79.9. The van der Waals surface area contributed by atoms with Gasteiger partial charge in [-0.15, -0.1) is 11.3 Å². The molecule has 2 heterocycles. The number of hydrogen-bond acceptors (Lipinski definition) is 7. The third-order valence-electron chi connectivity index (χ3n) is 2.51. The minimum absolute atomic E-state index is 0.0132. The summed E-state index contributed by atoms with van der Waals surface area (Å²) in [5.41, 5.74) is 0. The number of aromatic nitrogens is 2. The van der Waals surface area contributed by atoms with Crippen LogP contribution < -0.4 is 10.0 Å². The maximum absolute atomic E-state index is 12.3. The summed E-state index contributed by atoms with van der Waals surface area (Å²) >= 11 is 4.69. The number of hydrogen-bond donors (Lipinski definition) is 2. The molecule has 2 aromatic rings. The number of sulfonamides is 1. The molecule has 21 heavy (non-hydrogen) atoms. The smallest absolute Gasteiger partial charge is 0.242 e. The zero-order valence-corrected chi connectivity index (χ0v) is 14.7. The molecule has 7 nitrogen and oxygen atoms in total. The van der Waals surface area contributed by atoms with E-state index >= 15 is 0 Å². The van der Waals surface area contributed by atoms with Crippen molar-refractivity contribution in [2.75, 3.05) is 0 Å². The average molecular weight is 395 g/mol. The van der Waals surface area contributed by atoms with Crippen LogP contribution in [0.5, 0.6) is 0 Å². The first kappa shape index (κ1) is 16.6. The second-order valence-corrected chi connectivity index (χ2v) is 8.75. The van der Waals surface area contributed by atoms with E-state index in [4.69, 9.17) is 0 Å². The van der Waals surface area contributed by atoms with Crippen molar-refractivity contribution in [3.63, 3.8) is 0 Å². The van der Waals surface area contributed by atoms with Gasteiger partial charge in [0.15, 0.2) is 5.82 Å². The van der Waals surface area contributed by atoms with Crippen molar-refractivity contribution in [1.82, 2.24) is 20.2 Å². The Morgan fingerprint density at radius 3 is 2.81 bits per heavy atom. The van der Waals surface area contributed by atoms with Crippen LogP contribution in [0.1, 0.15) is 24.5 Å². The summed E-state index contributed by atoms with van der Waals surface area (Å²) in [4.78, 5) is 4.92. The molecule has 0 radical (unpaired) electrons. The molecule has 0 saturated heterocycles. The van der Waals surface area contributed by atoms with Crippen LogP contribution in [0.3, 0.4) is 0 Å². The predicted molar refractivity (Wildman–Crippen MR) is 82.3 cm³/mol. The lowest BCUT2D eigenvalue weighted by Crippen LogP contribution is -2.24. The lowest BCUT2D eigenvalue weighted by Gasteiger charge is -2.05. The third kappa shape index (κ3) is 4.58. The first-order valence-corrected chi connectivity index (χ1v) is 9.24. The number of nitrogens with zero attached hydrogens (tertiary/aromatic N) is 2. The van der Waals surface area contributed by atoms with E-state index in [1.54, 1.807) is 6.07 Å². The van der Waals surface area contributed by atoms with Crippen LogP contribution in [0.4, 0.5) is 0 Å². The summed E-state index contributed by atoms with van der Waals surface area (Å²) in [5.74, 6) is 0.284. The first-order valence-electron chi connectivity index (χ1n) is 6.15. The van der Waals surface area contributed by atoms with Gasteiger partial charge in [0.2, 0.25) is 16.4 Å². The van der Waals surface area contributed by atoms with Gasteiger partial charge >= 0.3 is 0 Å². The largest absolute Gasteiger partial charge is 0.343 e. The Kier molecular flexibility index (Phi) is 5.49. The van der Waals surface area contributed by atoms with Crippen LogP contribution in [0.15, 0.2) is 25.7 Å². The summed E-state index contributed by atoms with van der Waals surface area (Å²) in [6.07, 6.45) is 1.15. The first-order chi connectivity index (χ1) is 9.88. The molecule has 0 aliphatic heterocycles. The topological polar surface area (TPSA) is 97.1 Å². The summed E-state index contributed by atoms with van der Waals surface area (Å²) in [5, 5.41) is 6.81. The predicted octanol–water partition coefficient (Wildman–Crippen LogP) is 1.87. The molecule has 0 aliphatic carbocycles. The van der Waals surface area contributed by atoms with Gasteiger partial charge in [0.05, 0.1) is 10.3 Å². The number of nitrogens with one attached hydrogen (secondary N) is 2. The standard InChI is InChI=1S/C11H15BrN4O3S2/c1-7(2)13-4-8-3-9(11(12)20-8)21(17,18)15-5-10-14-6-19-16-10/h3,6-7,13,15H,4-5H2,1-2H3. The fraction of sp³-hybridized carbons (Fsp3) is 0.455. The van der Waals surface area contributed by atoms with E-state index in [0.29, 0.717) is 16.4 Å². The molecule has 10 heteroatoms. The van der Waals surface area contributed by atoms with Gasteiger partial charge in [-0.2, -0.15) is 4.98 Å². The monoisotopic (exact) mass is 394 g/mol. The van der Waals surface area contributed by atoms with Crippen molar-refractivity contribution in [2.45, 2.75) is 37.9 Å². The van der Waals surface area contributed by atoms with Crippen molar-refractivity contribution in [2.24, 2.45) is 0 Å². The molecule has 0 aromatic carbocycles. The molecule has 0 spiro atoms. The Morgan fingerprint density at radius 1 is 1.43 bits per heavy atom. The van der Waals surface area contributed by atoms with Crippen molar-refractivity contribution >= 4 is 37.3 Å². The van der Waals surface area contributed by atoms with Crippen molar-refractivity contribution in [1.29, 1.82) is 0 Å². The van der Waals surface area contributed by atoms with Gasteiger partial charge < -0.3 is 9.84 Å². The average Bonchev–Trinajstić information content (AvgIpc) is 3.03. The van der Waals surface area contributed by atoms with Gasteiger partial charge in [0, 0.05) is 17.5 Å². The van der Waals surface area contributed by atoms with Crippen LogP contribution in [0.25, 0.3) is 0 Å². The van der Waals surface area contributed by atoms with E-state index in [1.807, 2.05) is 13.8 Å². The third-order valence-corrected chi connectivity index (χ3v) is 6.16. The maximum Gasteiger partial charge on any atom is 0.242 e. The molecule has 116 valence electrons. The molecule has 0 atom stereocenters. The zero-order chi connectivity index (χ0) is 15.5. The van der Waals surface area contributed by atoms with Gasteiger partial charge in [0.1, 0.15) is 4.90 Å². The Hall–Kier alpha value is -0.810. The minimum Gasteiger partial charge on any atom is -0.343 e. The highest BCUT2D eigenvalue weighted by Crippen LogP contribution is 2.31. The quantitative estimate of drug-likeness (QED) is 0.743. The van der Waals surface area contributed by atoms with Gasteiger partial charge in [-0.1, -0.05) is 19.0 Å². The number of halogens is 1. The van der Waals surface area contributed by atoms with E-state index in [-0.39, 0.29) is 17.3 Å². The van der Waals surface area contributed by atoms with Crippen molar-refractivity contribution in [3.05, 3.63) is 26.9 Å². The molecule has 0 fully saturated rings. The fourth-order valence-electron chi connectivity index (χ4n) is 1.48. The van der Waals surface area contributed by atoms with E-state index in [9.17, 15) is 8.42 Å². The molecule has 2 aromatic heterocycles. The van der Waals surface area contributed by atoms with Crippen LogP contribution in [0, 0.1) is 0 Å². The second kappa shape index (κ2) is 6.97. The molecule has 0 amide bonds. The molecule has 0 aliphatic rings. The van der Waals surface area contributed by atoms with E-state index in [1.165, 1.54) is 11.3 Å². The van der Waals surface area contributed by atoms with Crippen molar-refractivity contribution < 1.29 is 12.9 Å². The summed E-state index contributed by atoms with van der Waals surface area (Å²) in [6.45, 7) is 4.68. The van der Waals surface area contributed by atoms with E-state index < -0.39 is 10.0 Å². The lowest BCUT2D eigenvalue weighted by atomic mass is 10.4. The van der Waals surface area contributed by atoms with E-state index in [0.717, 1.165) is 11.3 Å². The lowest BCUT2D eigenvalue weighted by molar-refractivity contribution is 0.409. The Balaban J connectivity index is 2.08. The Morgan fingerprint density at radius 2 is 2.19 bits per heavy atom. The minimum atomic E-state index is -3.62. The van der Waals surface area contributed by atoms with Gasteiger partial charge in [-0.3, -0.25) is 0 Å². The normalized spacial score (nSPS) is 12.2. The highest BCUT2D eigenvalue weighted by Gasteiger charge is 2.21. The van der Waals surface area contributed by atoms with Gasteiger partial charge in [-0.25, -0.2) is 13.1 Å². The van der Waals surface area contributed by atoms with Gasteiger partial charge in [0.25, 0.3) is 0 Å². The second-order valence-electron chi connectivity index (χ2n) is 4.56. The highest BCUT2D eigenvalue weighted by molar-refractivity contribution is 9.11. The number of thiophene rings is 1. The molecule has 2 N–H and O–H groups in total. The molecule has 0 bridgehead atoms. The van der Waals surface area contributed by atoms with Crippen LogP contribution in [-0.4, -0.2) is 24.6 Å². The van der Waals surface area contributed by atoms with Crippen LogP contribution in [-0.2, 0) is 23.1 Å². The molecule has 0 unspecified atom stereocenters. The fourth-order valence-corrected chi connectivity index (χ4v) is 5.09. The maximum atomic E-state index is 12.3. The SMILES string of the molecule is CC(C)NCc1cc(S(=O)(=O)NCc2ncon2)c(Br)s1. The summed E-state index contributed by atoms with van der Waals surface area (Å²) in [7, 11) is -3.62. The summed E-state index contributed by atoms with van der Waals surface area (Å²) < 4.78 is 32.1.